The van der Waals surface area contributed by atoms with E-state index in [1.54, 1.807) is 6.21 Å². The highest BCUT2D eigenvalue weighted by Gasteiger charge is 2.59. The van der Waals surface area contributed by atoms with E-state index in [-0.39, 0.29) is 47.9 Å². The number of carbonyl (C=O) groups is 3. The van der Waals surface area contributed by atoms with Crippen LogP contribution in [0.2, 0.25) is 0 Å². The molecule has 3 aliphatic rings. The highest BCUT2D eigenvalue weighted by Crippen LogP contribution is 2.52. The second-order valence-corrected chi connectivity index (χ2v) is 9.38. The lowest BCUT2D eigenvalue weighted by Crippen LogP contribution is -2.28. The van der Waals surface area contributed by atoms with Gasteiger partial charge < -0.3 is 9.88 Å². The molecule has 0 spiro atoms. The third-order valence-electron chi connectivity index (χ3n) is 7.23. The number of rotatable bonds is 5. The molecule has 2 aromatic carbocycles. The van der Waals surface area contributed by atoms with Crippen LogP contribution >= 0.6 is 0 Å². The molecule has 4 unspecified atom stereocenters. The van der Waals surface area contributed by atoms with Crippen LogP contribution in [0.4, 0.5) is 5.69 Å². The highest BCUT2D eigenvalue weighted by molar-refractivity contribution is 6.08. The fourth-order valence-electron chi connectivity index (χ4n) is 5.62. The molecule has 2 bridgehead atoms. The molecule has 3 amide bonds. The number of imide groups is 1. The van der Waals surface area contributed by atoms with E-state index in [1.807, 2.05) is 66.2 Å². The number of benzene rings is 2. The summed E-state index contributed by atoms with van der Waals surface area (Å²) in [6, 6.07) is 15.4. The molecule has 7 heteroatoms. The molecule has 6 rings (SSSR count). The van der Waals surface area contributed by atoms with E-state index in [2.05, 4.69) is 22.6 Å². The van der Waals surface area contributed by atoms with Gasteiger partial charge in [0.1, 0.15) is 6.54 Å². The number of hydrogen-bond donors (Lipinski definition) is 1. The van der Waals surface area contributed by atoms with Gasteiger partial charge in [-0.3, -0.25) is 14.4 Å². The quantitative estimate of drug-likeness (QED) is 0.364. The van der Waals surface area contributed by atoms with E-state index in [4.69, 9.17) is 0 Å². The second-order valence-electron chi connectivity index (χ2n) is 9.38. The zero-order chi connectivity index (χ0) is 23.4. The highest BCUT2D eigenvalue weighted by atomic mass is 16.2. The Balaban J connectivity index is 1.24. The molecular formula is C27H24N4O3. The summed E-state index contributed by atoms with van der Waals surface area (Å²) in [5, 5.41) is 9.19. The predicted molar refractivity (Wildman–Crippen MR) is 129 cm³/mol. The van der Waals surface area contributed by atoms with Crippen molar-refractivity contribution in [2.45, 2.75) is 19.9 Å². The lowest BCUT2D eigenvalue weighted by molar-refractivity contribution is -0.140. The minimum atomic E-state index is -0.272. The summed E-state index contributed by atoms with van der Waals surface area (Å²) < 4.78 is 1.85. The first-order chi connectivity index (χ1) is 16.5. The third-order valence-corrected chi connectivity index (χ3v) is 7.23. The molecule has 1 N–H and O–H groups in total. The van der Waals surface area contributed by atoms with Crippen LogP contribution in [0.25, 0.3) is 10.9 Å². The Bertz CT molecular complexity index is 1350. The van der Waals surface area contributed by atoms with Crippen molar-refractivity contribution < 1.29 is 14.4 Å². The fraction of sp³-hybridized carbons (Fsp3) is 0.259. The number of nitrogens with one attached hydrogen (secondary N) is 1. The number of amides is 3. The normalized spacial score (nSPS) is 25.1. The maximum atomic E-state index is 12.9. The average molecular weight is 453 g/mol. The topological polar surface area (TPSA) is 83.8 Å². The first-order valence-electron chi connectivity index (χ1n) is 11.5. The Kier molecular flexibility index (Phi) is 4.72. The first kappa shape index (κ1) is 20.6. The van der Waals surface area contributed by atoms with E-state index in [0.29, 0.717) is 0 Å². The van der Waals surface area contributed by atoms with Gasteiger partial charge in [0, 0.05) is 28.4 Å². The summed E-state index contributed by atoms with van der Waals surface area (Å²) in [5.74, 6) is -0.790. The number of para-hydroxylation sites is 1. The predicted octanol–water partition coefficient (Wildman–Crippen LogP) is 3.73. The smallest absolute Gasteiger partial charge is 0.254 e. The van der Waals surface area contributed by atoms with Gasteiger partial charge in [-0.05, 0) is 43.4 Å². The van der Waals surface area contributed by atoms with Crippen LogP contribution in [0, 0.1) is 30.6 Å². The Morgan fingerprint density at radius 1 is 1.03 bits per heavy atom. The van der Waals surface area contributed by atoms with Crippen LogP contribution in [-0.2, 0) is 20.9 Å². The molecule has 34 heavy (non-hydrogen) atoms. The summed E-state index contributed by atoms with van der Waals surface area (Å²) in [7, 11) is 0. The number of anilines is 1. The summed E-state index contributed by atoms with van der Waals surface area (Å²) in [5.41, 5.74) is 3.49. The minimum Gasteiger partial charge on any atom is -0.337 e. The Morgan fingerprint density at radius 3 is 2.41 bits per heavy atom. The van der Waals surface area contributed by atoms with Gasteiger partial charge in [0.25, 0.3) is 11.8 Å². The van der Waals surface area contributed by atoms with Crippen LogP contribution in [0.15, 0.2) is 72.0 Å². The van der Waals surface area contributed by atoms with Gasteiger partial charge in [-0.15, -0.1) is 0 Å². The van der Waals surface area contributed by atoms with Crippen LogP contribution in [0.1, 0.15) is 17.5 Å². The zero-order valence-electron chi connectivity index (χ0n) is 18.7. The fourth-order valence-corrected chi connectivity index (χ4v) is 5.62. The molecule has 7 nitrogen and oxygen atoms in total. The number of fused-ring (bicyclic) bond motifs is 6. The summed E-state index contributed by atoms with van der Waals surface area (Å²) >= 11 is 0. The van der Waals surface area contributed by atoms with E-state index in [0.717, 1.165) is 39.1 Å². The van der Waals surface area contributed by atoms with E-state index >= 15 is 0 Å². The summed E-state index contributed by atoms with van der Waals surface area (Å²) in [4.78, 5) is 38.5. The molecule has 2 aliphatic carbocycles. The Hall–Kier alpha value is -4.00. The number of allylic oxidation sites excluding steroid dienone is 2. The molecule has 2 heterocycles. The molecule has 1 aromatic heterocycles. The van der Waals surface area contributed by atoms with Crippen LogP contribution < -0.4 is 5.32 Å². The number of aryl methyl sites for hydroxylation is 1. The van der Waals surface area contributed by atoms with Crippen LogP contribution in [0.3, 0.4) is 0 Å². The Labute approximate surface area is 196 Å². The van der Waals surface area contributed by atoms with Gasteiger partial charge >= 0.3 is 0 Å². The van der Waals surface area contributed by atoms with E-state index in [9.17, 15) is 14.4 Å². The molecule has 2 fully saturated rings. The van der Waals surface area contributed by atoms with Gasteiger partial charge in [-0.1, -0.05) is 48.0 Å². The van der Waals surface area contributed by atoms with E-state index < -0.39 is 0 Å². The number of hydrazone groups is 1. The van der Waals surface area contributed by atoms with Crippen molar-refractivity contribution in [2.75, 3.05) is 5.32 Å². The molecule has 4 atom stereocenters. The number of aromatic nitrogens is 1. The molecule has 1 saturated carbocycles. The largest absolute Gasteiger partial charge is 0.337 e. The van der Waals surface area contributed by atoms with Crippen molar-refractivity contribution in [3.63, 3.8) is 0 Å². The maximum absolute atomic E-state index is 12.9. The lowest BCUT2D eigenvalue weighted by Gasteiger charge is -2.13. The maximum Gasteiger partial charge on any atom is 0.254 e. The van der Waals surface area contributed by atoms with Crippen molar-refractivity contribution in [3.8, 4) is 0 Å². The second kappa shape index (κ2) is 7.80. The third kappa shape index (κ3) is 3.27. The van der Waals surface area contributed by atoms with Crippen LogP contribution in [0.5, 0.6) is 0 Å². The van der Waals surface area contributed by atoms with Gasteiger partial charge in [0.05, 0.1) is 18.1 Å². The van der Waals surface area contributed by atoms with Gasteiger partial charge in [0.15, 0.2) is 0 Å². The van der Waals surface area contributed by atoms with Crippen molar-refractivity contribution in [1.82, 2.24) is 9.58 Å². The molecular weight excluding hydrogens is 428 g/mol. The lowest BCUT2D eigenvalue weighted by atomic mass is 9.85. The van der Waals surface area contributed by atoms with Gasteiger partial charge in [-0.25, -0.2) is 0 Å². The molecule has 170 valence electrons. The minimum absolute atomic E-state index is 0.128. The number of hydrogen-bond acceptors (Lipinski definition) is 4. The Morgan fingerprint density at radius 2 is 1.71 bits per heavy atom. The summed E-state index contributed by atoms with van der Waals surface area (Å²) in [6.45, 7) is 2.13. The summed E-state index contributed by atoms with van der Waals surface area (Å²) in [6.07, 6.45) is 8.42. The van der Waals surface area contributed by atoms with Gasteiger partial charge in [0.2, 0.25) is 5.91 Å². The number of nitrogens with zero attached hydrogens (tertiary/aromatic N) is 3. The van der Waals surface area contributed by atoms with Gasteiger partial charge in [-0.2, -0.15) is 10.1 Å². The zero-order valence-corrected chi connectivity index (χ0v) is 18.7. The molecule has 1 aliphatic heterocycles. The van der Waals surface area contributed by atoms with Crippen molar-refractivity contribution >= 4 is 40.5 Å². The van der Waals surface area contributed by atoms with Crippen LogP contribution in [-0.4, -0.2) is 33.5 Å². The molecule has 3 aromatic rings. The molecule has 1 saturated heterocycles. The first-order valence-corrected chi connectivity index (χ1v) is 11.5. The van der Waals surface area contributed by atoms with Crippen molar-refractivity contribution in [3.05, 3.63) is 78.0 Å². The monoisotopic (exact) mass is 452 g/mol. The van der Waals surface area contributed by atoms with E-state index in [1.165, 1.54) is 0 Å². The standard InChI is InChI=1S/C27H24N4O3/c1-16-6-10-20(11-7-16)29-23(32)15-30-14-19(21-4-2-3-5-22(21)30)13-28-31-26(33)24-17-8-9-18(12-17)25(24)27(31)34/h2-11,13-14,17-18,24-25H,12,15H2,1H3,(H,29,32). The molecule has 0 radical (unpaired) electrons. The van der Waals surface area contributed by atoms with Crippen molar-refractivity contribution in [2.24, 2.45) is 28.8 Å². The average Bonchev–Trinajstić information content (AvgIpc) is 3.58. The number of carbonyl (C=O) groups excluding carboxylic acids is 3. The SMILES string of the molecule is Cc1ccc(NC(=O)Cn2cc(C=NN3C(=O)C4C5C=CC(C5)C4C3=O)c3ccccc32)cc1. The van der Waals surface area contributed by atoms with Crippen molar-refractivity contribution in [1.29, 1.82) is 0 Å².